The van der Waals surface area contributed by atoms with Crippen LogP contribution in [0.3, 0.4) is 0 Å². The third-order valence-corrected chi connectivity index (χ3v) is 5.66. The lowest BCUT2D eigenvalue weighted by Gasteiger charge is -2.32. The molecule has 1 heterocycles. The van der Waals surface area contributed by atoms with E-state index in [9.17, 15) is 19.2 Å². The molecule has 1 N–H and O–H groups in total. The minimum absolute atomic E-state index is 0.114. The molecule has 164 valence electrons. The van der Waals surface area contributed by atoms with Crippen molar-refractivity contribution in [3.05, 3.63) is 57.5 Å². The number of hydrogen-bond acceptors (Lipinski definition) is 5. The molecule has 0 radical (unpaired) electrons. The summed E-state index contributed by atoms with van der Waals surface area (Å²) in [5.41, 5.74) is 1.51. The molecule has 0 unspecified atom stereocenters. The summed E-state index contributed by atoms with van der Waals surface area (Å²) in [6.45, 7) is 11.0. The highest BCUT2D eigenvalue weighted by Crippen LogP contribution is 2.35. The molecule has 0 spiro atoms. The maximum Gasteiger partial charge on any atom is 0.268 e. The summed E-state index contributed by atoms with van der Waals surface area (Å²) in [4.78, 5) is 52.4. The van der Waals surface area contributed by atoms with Gasteiger partial charge in [0.05, 0.1) is 0 Å². The fourth-order valence-corrected chi connectivity index (χ4v) is 4.18. The molecule has 1 aliphatic carbocycles. The SMILES string of the molecule is CCN(CC)c1ccc(-n2c3c(cc(C(=O)NC(C)=O)c2=O)C(=O)CC(C)(C)C3)cc1. The van der Waals surface area contributed by atoms with Crippen LogP contribution in [0.15, 0.2) is 35.1 Å². The number of pyridine rings is 1. The summed E-state index contributed by atoms with van der Waals surface area (Å²) in [6, 6.07) is 8.86. The molecule has 0 bridgehead atoms. The van der Waals surface area contributed by atoms with Crippen LogP contribution in [0, 0.1) is 5.41 Å². The standard InChI is InChI=1S/C24H29N3O4/c1-6-26(7-2)16-8-10-17(11-9-16)27-20-13-24(4,5)14-21(29)18(20)12-19(23(27)31)22(30)25-15(3)28/h8-12H,6-7,13-14H2,1-5H3,(H,25,28,30). The van der Waals surface area contributed by atoms with Crippen molar-refractivity contribution in [1.29, 1.82) is 0 Å². The Labute approximate surface area is 182 Å². The molecule has 3 rings (SSSR count). The second kappa shape index (κ2) is 8.49. The maximum atomic E-state index is 13.4. The Morgan fingerprint density at radius 2 is 1.68 bits per heavy atom. The molecule has 1 aliphatic rings. The van der Waals surface area contributed by atoms with Crippen molar-refractivity contribution < 1.29 is 14.4 Å². The number of hydrogen-bond donors (Lipinski definition) is 1. The van der Waals surface area contributed by atoms with Gasteiger partial charge in [-0.05, 0) is 56.0 Å². The average Bonchev–Trinajstić information content (AvgIpc) is 2.68. The fourth-order valence-electron chi connectivity index (χ4n) is 4.18. The Hall–Kier alpha value is -3.22. The molecule has 0 atom stereocenters. The van der Waals surface area contributed by atoms with Crippen molar-refractivity contribution in [3.63, 3.8) is 0 Å². The van der Waals surface area contributed by atoms with E-state index in [0.717, 1.165) is 18.8 Å². The minimum atomic E-state index is -0.800. The fraction of sp³-hybridized carbons (Fsp3) is 0.417. The molecule has 1 aromatic carbocycles. The number of nitrogens with zero attached hydrogens (tertiary/aromatic N) is 2. The van der Waals surface area contributed by atoms with Gasteiger partial charge in [0.1, 0.15) is 5.56 Å². The number of ketones is 1. The van der Waals surface area contributed by atoms with Crippen molar-refractivity contribution >= 4 is 23.3 Å². The van der Waals surface area contributed by atoms with Gasteiger partial charge in [0.2, 0.25) is 5.91 Å². The van der Waals surface area contributed by atoms with Crippen molar-refractivity contribution in [1.82, 2.24) is 9.88 Å². The van der Waals surface area contributed by atoms with Gasteiger partial charge in [-0.2, -0.15) is 0 Å². The van der Waals surface area contributed by atoms with Crippen molar-refractivity contribution in [2.24, 2.45) is 5.41 Å². The van der Waals surface area contributed by atoms with E-state index >= 15 is 0 Å². The number of nitrogens with one attached hydrogen (secondary N) is 1. The van der Waals surface area contributed by atoms with Crippen molar-refractivity contribution in [2.45, 2.75) is 47.5 Å². The first kappa shape index (κ1) is 22.5. The number of carbonyl (C=O) groups excluding carboxylic acids is 3. The molecule has 7 nitrogen and oxygen atoms in total. The topological polar surface area (TPSA) is 88.5 Å². The summed E-state index contributed by atoms with van der Waals surface area (Å²) in [5, 5.41) is 2.15. The quantitative estimate of drug-likeness (QED) is 0.798. The summed E-state index contributed by atoms with van der Waals surface area (Å²) in [6.07, 6.45) is 0.850. The lowest BCUT2D eigenvalue weighted by molar-refractivity contribution is -0.118. The molecule has 7 heteroatoms. The number of anilines is 1. The zero-order valence-electron chi connectivity index (χ0n) is 18.7. The van der Waals surface area contributed by atoms with Gasteiger partial charge >= 0.3 is 0 Å². The van der Waals surface area contributed by atoms with E-state index in [2.05, 4.69) is 24.1 Å². The molecule has 0 fully saturated rings. The number of aromatic nitrogens is 1. The zero-order valence-corrected chi connectivity index (χ0v) is 18.7. The Morgan fingerprint density at radius 1 is 1.06 bits per heavy atom. The number of rotatable bonds is 5. The highest BCUT2D eigenvalue weighted by molar-refractivity contribution is 6.06. The number of benzene rings is 1. The van der Waals surface area contributed by atoms with E-state index < -0.39 is 17.4 Å². The van der Waals surface area contributed by atoms with Crippen LogP contribution in [-0.2, 0) is 11.2 Å². The van der Waals surface area contributed by atoms with E-state index in [1.165, 1.54) is 17.6 Å². The zero-order chi connectivity index (χ0) is 22.9. The van der Waals surface area contributed by atoms with E-state index in [4.69, 9.17) is 0 Å². The van der Waals surface area contributed by atoms with Gasteiger partial charge in [0.25, 0.3) is 11.5 Å². The molecule has 0 saturated heterocycles. The molecular weight excluding hydrogens is 394 g/mol. The van der Waals surface area contributed by atoms with Crippen LogP contribution >= 0.6 is 0 Å². The van der Waals surface area contributed by atoms with Gasteiger partial charge in [-0.15, -0.1) is 0 Å². The maximum absolute atomic E-state index is 13.4. The van der Waals surface area contributed by atoms with Gasteiger partial charge in [0.15, 0.2) is 5.78 Å². The summed E-state index contributed by atoms with van der Waals surface area (Å²) < 4.78 is 1.45. The summed E-state index contributed by atoms with van der Waals surface area (Å²) in [5.74, 6) is -1.48. The number of Topliss-reactive ketones (excluding diaryl/α,β-unsaturated/α-hetero) is 1. The lowest BCUT2D eigenvalue weighted by Crippen LogP contribution is -2.39. The van der Waals surface area contributed by atoms with E-state index in [0.29, 0.717) is 29.8 Å². The predicted octanol–water partition coefficient (Wildman–Crippen LogP) is 3.12. The van der Waals surface area contributed by atoms with Crippen LogP contribution in [0.5, 0.6) is 0 Å². The number of fused-ring (bicyclic) bond motifs is 1. The Morgan fingerprint density at radius 3 is 2.23 bits per heavy atom. The Bertz CT molecular complexity index is 1090. The number of imide groups is 1. The first-order valence-electron chi connectivity index (χ1n) is 10.6. The number of amides is 2. The molecule has 0 aliphatic heterocycles. The highest BCUT2D eigenvalue weighted by atomic mass is 16.2. The smallest absolute Gasteiger partial charge is 0.268 e. The number of carbonyl (C=O) groups is 3. The van der Waals surface area contributed by atoms with Crippen molar-refractivity contribution in [3.8, 4) is 5.69 Å². The normalized spacial score (nSPS) is 14.7. The minimum Gasteiger partial charge on any atom is -0.372 e. The van der Waals surface area contributed by atoms with Gasteiger partial charge in [-0.3, -0.25) is 29.1 Å². The van der Waals surface area contributed by atoms with Gasteiger partial charge in [0, 0.05) is 49.1 Å². The van der Waals surface area contributed by atoms with Crippen molar-refractivity contribution in [2.75, 3.05) is 18.0 Å². The van der Waals surface area contributed by atoms with Gasteiger partial charge in [-0.1, -0.05) is 13.8 Å². The van der Waals surface area contributed by atoms with Crippen LogP contribution in [0.4, 0.5) is 5.69 Å². The highest BCUT2D eigenvalue weighted by Gasteiger charge is 2.35. The molecule has 2 amide bonds. The van der Waals surface area contributed by atoms with Crippen LogP contribution in [0.2, 0.25) is 0 Å². The lowest BCUT2D eigenvalue weighted by atomic mass is 9.75. The van der Waals surface area contributed by atoms with Crippen LogP contribution < -0.4 is 15.8 Å². The largest absolute Gasteiger partial charge is 0.372 e. The van der Waals surface area contributed by atoms with E-state index in [-0.39, 0.29) is 16.8 Å². The second-order valence-corrected chi connectivity index (χ2v) is 8.70. The monoisotopic (exact) mass is 423 g/mol. The Kier molecular flexibility index (Phi) is 6.15. The Balaban J connectivity index is 2.23. The second-order valence-electron chi connectivity index (χ2n) is 8.70. The third-order valence-electron chi connectivity index (χ3n) is 5.66. The van der Waals surface area contributed by atoms with Gasteiger partial charge < -0.3 is 4.90 Å². The molecular formula is C24H29N3O4. The molecule has 31 heavy (non-hydrogen) atoms. The van der Waals surface area contributed by atoms with Crippen LogP contribution in [0.25, 0.3) is 5.69 Å². The predicted molar refractivity (Wildman–Crippen MR) is 120 cm³/mol. The van der Waals surface area contributed by atoms with E-state index in [1.54, 1.807) is 0 Å². The van der Waals surface area contributed by atoms with Crippen LogP contribution in [-0.4, -0.2) is 35.3 Å². The molecule has 0 saturated carbocycles. The van der Waals surface area contributed by atoms with E-state index in [1.807, 2.05) is 38.1 Å². The van der Waals surface area contributed by atoms with Gasteiger partial charge in [-0.25, -0.2) is 0 Å². The first-order valence-corrected chi connectivity index (χ1v) is 10.6. The first-order chi connectivity index (χ1) is 14.6. The summed E-state index contributed by atoms with van der Waals surface area (Å²) in [7, 11) is 0. The summed E-state index contributed by atoms with van der Waals surface area (Å²) >= 11 is 0. The molecule has 2 aromatic rings. The van der Waals surface area contributed by atoms with Crippen LogP contribution in [0.1, 0.15) is 67.4 Å². The average molecular weight is 424 g/mol. The third kappa shape index (κ3) is 4.45. The molecule has 1 aromatic heterocycles.